The molecule has 2 atom stereocenters. The third-order valence-electron chi connectivity index (χ3n) is 1.85. The van der Waals surface area contributed by atoms with E-state index in [1.54, 1.807) is 0 Å². The Labute approximate surface area is 55.2 Å². The van der Waals surface area contributed by atoms with Crippen molar-refractivity contribution in [3.63, 3.8) is 0 Å². The monoisotopic (exact) mass is 128 g/mol. The summed E-state index contributed by atoms with van der Waals surface area (Å²) < 4.78 is 5.24. The van der Waals surface area contributed by atoms with Crippen molar-refractivity contribution >= 4 is 5.78 Å². The number of rotatable bonds is 2. The lowest BCUT2D eigenvalue weighted by Gasteiger charge is -2.31. The number of Topliss-reactive ketones (excluding diaryl/α,β-unsaturated/α-hetero) is 1. The number of hydrogen-bond donors (Lipinski definition) is 0. The van der Waals surface area contributed by atoms with Crippen LogP contribution in [-0.4, -0.2) is 18.5 Å². The molecule has 0 N–H and O–H groups in total. The van der Waals surface area contributed by atoms with Crippen molar-refractivity contribution in [3.8, 4) is 0 Å². The van der Waals surface area contributed by atoms with Crippen LogP contribution in [0.15, 0.2) is 0 Å². The van der Waals surface area contributed by atoms with Gasteiger partial charge < -0.3 is 4.74 Å². The summed E-state index contributed by atoms with van der Waals surface area (Å²) in [6.45, 7) is 4.60. The van der Waals surface area contributed by atoms with E-state index in [2.05, 4.69) is 0 Å². The number of ether oxygens (including phenoxy) is 1. The lowest BCUT2D eigenvalue weighted by molar-refractivity contribution is -0.143. The van der Waals surface area contributed by atoms with Crippen LogP contribution >= 0.6 is 0 Å². The summed E-state index contributed by atoms with van der Waals surface area (Å²) in [6.07, 6.45) is 0.858. The predicted molar refractivity (Wildman–Crippen MR) is 34.2 cm³/mol. The van der Waals surface area contributed by atoms with Crippen LogP contribution in [0.5, 0.6) is 0 Å². The molecule has 2 heteroatoms. The molecule has 2 nitrogen and oxygen atoms in total. The van der Waals surface area contributed by atoms with Crippen LogP contribution in [0.1, 0.15) is 20.3 Å². The predicted octanol–water partition coefficient (Wildman–Crippen LogP) is 1.00. The molecule has 1 saturated carbocycles. The minimum absolute atomic E-state index is 0.157. The van der Waals surface area contributed by atoms with Crippen molar-refractivity contribution < 1.29 is 9.53 Å². The van der Waals surface area contributed by atoms with E-state index in [4.69, 9.17) is 4.74 Å². The molecule has 0 saturated heterocycles. The number of carbonyl (C=O) groups is 1. The summed E-state index contributed by atoms with van der Waals surface area (Å²) in [5, 5.41) is 0. The van der Waals surface area contributed by atoms with Crippen LogP contribution < -0.4 is 0 Å². The van der Waals surface area contributed by atoms with Gasteiger partial charge in [0.2, 0.25) is 0 Å². The molecule has 0 radical (unpaired) electrons. The molecule has 1 rings (SSSR count). The first-order chi connectivity index (χ1) is 4.25. The molecule has 1 aliphatic carbocycles. The van der Waals surface area contributed by atoms with Gasteiger partial charge in [-0.15, -0.1) is 0 Å². The Morgan fingerprint density at radius 1 is 1.78 bits per heavy atom. The van der Waals surface area contributed by atoms with Crippen LogP contribution in [0.25, 0.3) is 0 Å². The first-order valence-corrected chi connectivity index (χ1v) is 3.40. The molecule has 9 heavy (non-hydrogen) atoms. The van der Waals surface area contributed by atoms with Crippen LogP contribution in [-0.2, 0) is 9.53 Å². The summed E-state index contributed by atoms with van der Waals surface area (Å²) in [5.74, 6) is 0.499. The fraction of sp³-hybridized carbons (Fsp3) is 0.857. The van der Waals surface area contributed by atoms with Gasteiger partial charge in [0.05, 0.1) is 6.10 Å². The first kappa shape index (κ1) is 6.75. The largest absolute Gasteiger partial charge is 0.377 e. The highest BCUT2D eigenvalue weighted by Crippen LogP contribution is 2.25. The molecule has 0 aromatic carbocycles. The topological polar surface area (TPSA) is 26.3 Å². The zero-order valence-electron chi connectivity index (χ0n) is 5.89. The maximum Gasteiger partial charge on any atom is 0.140 e. The molecular formula is C7H12O2. The maximum atomic E-state index is 10.6. The normalized spacial score (nSPS) is 34.2. The molecular weight excluding hydrogens is 116 g/mol. The van der Waals surface area contributed by atoms with Gasteiger partial charge in [0, 0.05) is 18.9 Å². The lowest BCUT2D eigenvalue weighted by Crippen LogP contribution is -2.41. The maximum absolute atomic E-state index is 10.6. The summed E-state index contributed by atoms with van der Waals surface area (Å²) in [7, 11) is 0. The molecule has 52 valence electrons. The van der Waals surface area contributed by atoms with Gasteiger partial charge in [0.1, 0.15) is 5.78 Å². The highest BCUT2D eigenvalue weighted by atomic mass is 16.5. The third-order valence-corrected chi connectivity index (χ3v) is 1.85. The van der Waals surface area contributed by atoms with Gasteiger partial charge in [-0.1, -0.05) is 6.92 Å². The fourth-order valence-electron chi connectivity index (χ4n) is 1.03. The van der Waals surface area contributed by atoms with Gasteiger partial charge in [-0.3, -0.25) is 4.79 Å². The Morgan fingerprint density at radius 3 is 2.78 bits per heavy atom. The Kier molecular flexibility index (Phi) is 1.86. The van der Waals surface area contributed by atoms with Gasteiger partial charge in [0.15, 0.2) is 0 Å². The summed E-state index contributed by atoms with van der Waals surface area (Å²) in [5.41, 5.74) is 0. The van der Waals surface area contributed by atoms with Gasteiger partial charge in [-0.2, -0.15) is 0 Å². The van der Waals surface area contributed by atoms with Crippen LogP contribution in [0.2, 0.25) is 0 Å². The molecule has 0 spiro atoms. The van der Waals surface area contributed by atoms with Crippen LogP contribution in [0.3, 0.4) is 0 Å². The quantitative estimate of drug-likeness (QED) is 0.554. The smallest absolute Gasteiger partial charge is 0.140 e. The van der Waals surface area contributed by atoms with Crippen molar-refractivity contribution in [2.75, 3.05) is 6.61 Å². The standard InChI is InChI=1S/C7H12O2/c1-3-9-7-4-6(8)5(7)2/h5,7H,3-4H2,1-2H3. The minimum Gasteiger partial charge on any atom is -0.377 e. The van der Waals surface area contributed by atoms with Gasteiger partial charge >= 0.3 is 0 Å². The molecule has 2 unspecified atom stereocenters. The second kappa shape index (κ2) is 2.48. The highest BCUT2D eigenvalue weighted by molar-refractivity contribution is 5.87. The fourth-order valence-corrected chi connectivity index (χ4v) is 1.03. The zero-order chi connectivity index (χ0) is 6.85. The van der Waals surface area contributed by atoms with Crippen molar-refractivity contribution in [3.05, 3.63) is 0 Å². The molecule has 1 fully saturated rings. The van der Waals surface area contributed by atoms with E-state index in [1.165, 1.54) is 0 Å². The average molecular weight is 128 g/mol. The first-order valence-electron chi connectivity index (χ1n) is 3.40. The molecule has 0 aliphatic heterocycles. The van der Waals surface area contributed by atoms with Gasteiger partial charge in [0.25, 0.3) is 0 Å². The molecule has 0 amide bonds. The Morgan fingerprint density at radius 2 is 2.44 bits per heavy atom. The number of ketones is 1. The van der Waals surface area contributed by atoms with Crippen molar-refractivity contribution in [2.45, 2.75) is 26.4 Å². The molecule has 0 bridgehead atoms. The molecule has 0 aromatic rings. The summed E-state index contributed by atoms with van der Waals surface area (Å²) in [4.78, 5) is 10.6. The molecule has 1 aliphatic rings. The van der Waals surface area contributed by atoms with E-state index >= 15 is 0 Å². The Bertz CT molecular complexity index is 120. The van der Waals surface area contributed by atoms with Crippen LogP contribution in [0, 0.1) is 5.92 Å². The Balaban J connectivity index is 2.25. The third kappa shape index (κ3) is 1.13. The van der Waals surface area contributed by atoms with Crippen molar-refractivity contribution in [1.82, 2.24) is 0 Å². The second-order valence-electron chi connectivity index (χ2n) is 2.45. The SMILES string of the molecule is CCOC1CC(=O)C1C. The van der Waals surface area contributed by atoms with E-state index in [-0.39, 0.29) is 12.0 Å². The van der Waals surface area contributed by atoms with Crippen LogP contribution in [0.4, 0.5) is 0 Å². The highest BCUT2D eigenvalue weighted by Gasteiger charge is 2.36. The summed E-state index contributed by atoms with van der Waals surface area (Å²) in [6, 6.07) is 0. The summed E-state index contributed by atoms with van der Waals surface area (Å²) >= 11 is 0. The minimum atomic E-state index is 0.157. The van der Waals surface area contributed by atoms with Gasteiger partial charge in [-0.25, -0.2) is 0 Å². The average Bonchev–Trinajstić information content (AvgIpc) is 1.88. The molecule has 0 aromatic heterocycles. The molecule has 0 heterocycles. The van der Waals surface area contributed by atoms with Gasteiger partial charge in [-0.05, 0) is 6.92 Å². The van der Waals surface area contributed by atoms with E-state index in [9.17, 15) is 4.79 Å². The Hall–Kier alpha value is -0.370. The van der Waals surface area contributed by atoms with Crippen molar-refractivity contribution in [1.29, 1.82) is 0 Å². The van der Waals surface area contributed by atoms with E-state index in [0.717, 1.165) is 6.61 Å². The zero-order valence-corrected chi connectivity index (χ0v) is 5.89. The van der Waals surface area contributed by atoms with E-state index in [0.29, 0.717) is 12.2 Å². The lowest BCUT2D eigenvalue weighted by atomic mass is 9.82. The number of carbonyl (C=O) groups excluding carboxylic acids is 1. The van der Waals surface area contributed by atoms with E-state index in [1.807, 2.05) is 13.8 Å². The second-order valence-corrected chi connectivity index (χ2v) is 2.45. The van der Waals surface area contributed by atoms with E-state index < -0.39 is 0 Å². The number of hydrogen-bond acceptors (Lipinski definition) is 2. The van der Waals surface area contributed by atoms with Crippen molar-refractivity contribution in [2.24, 2.45) is 5.92 Å².